The zero-order chi connectivity index (χ0) is 31.3. The molecule has 44 heavy (non-hydrogen) atoms. The van der Waals surface area contributed by atoms with Crippen LogP contribution in [0.5, 0.6) is 0 Å². The second-order valence-electron chi connectivity index (χ2n) is 12.0. The number of piperidine rings is 1. The minimum atomic E-state index is -3.88. The second-order valence-corrected chi connectivity index (χ2v) is 13.7. The van der Waals surface area contributed by atoms with E-state index in [1.54, 1.807) is 45.0 Å². The van der Waals surface area contributed by atoms with Crippen molar-refractivity contribution >= 4 is 44.8 Å². The number of guanidine groups is 1. The third kappa shape index (κ3) is 8.08. The van der Waals surface area contributed by atoms with Crippen LogP contribution < -0.4 is 20.3 Å². The first-order valence-corrected chi connectivity index (χ1v) is 16.4. The molecule has 5 rings (SSSR count). The molecule has 1 aromatic carbocycles. The number of hydrogen-bond donors (Lipinski definition) is 3. The van der Waals surface area contributed by atoms with E-state index in [1.807, 2.05) is 11.0 Å². The monoisotopic (exact) mass is 625 g/mol. The van der Waals surface area contributed by atoms with Crippen LogP contribution in [-0.2, 0) is 30.1 Å². The summed E-state index contributed by atoms with van der Waals surface area (Å²) in [5.74, 6) is 0.0571. The van der Waals surface area contributed by atoms with Crippen molar-refractivity contribution < 1.29 is 22.7 Å². The third-order valence-corrected chi connectivity index (χ3v) is 8.62. The topological polar surface area (TPSA) is 173 Å². The van der Waals surface area contributed by atoms with E-state index in [0.29, 0.717) is 61.0 Å². The minimum Gasteiger partial charge on any atom is -0.460 e. The Morgan fingerprint density at radius 3 is 2.55 bits per heavy atom. The SMILES string of the molecule is CC(C)(C)OC(=O)CC(NS(=O)(=O)Cc1ccccc1)n1cnc2c(N3CCC(C(=O)NC4=NCCCN4)CC3)ncnc21. The molecule has 1 atom stereocenters. The van der Waals surface area contributed by atoms with Crippen LogP contribution in [0, 0.1) is 5.92 Å². The van der Waals surface area contributed by atoms with Gasteiger partial charge in [0.15, 0.2) is 22.9 Å². The average Bonchev–Trinajstić information content (AvgIpc) is 3.41. The number of ether oxygens (including phenoxy) is 1. The number of hydrogen-bond acceptors (Lipinski definition) is 11. The van der Waals surface area contributed by atoms with E-state index < -0.39 is 27.8 Å². The molecule has 2 aliphatic rings. The molecule has 2 aromatic heterocycles. The summed E-state index contributed by atoms with van der Waals surface area (Å²) in [5, 5.41) is 6.01. The summed E-state index contributed by atoms with van der Waals surface area (Å²) in [5.41, 5.74) is 0.691. The molecule has 0 spiro atoms. The molecule has 1 amide bonds. The van der Waals surface area contributed by atoms with Crippen LogP contribution in [0.1, 0.15) is 58.2 Å². The molecule has 0 aliphatic carbocycles. The van der Waals surface area contributed by atoms with Crippen molar-refractivity contribution in [3.05, 3.63) is 48.5 Å². The fourth-order valence-corrected chi connectivity index (χ4v) is 6.59. The lowest BCUT2D eigenvalue weighted by Gasteiger charge is -2.32. The van der Waals surface area contributed by atoms with Crippen LogP contribution in [0.2, 0.25) is 0 Å². The molecule has 3 N–H and O–H groups in total. The zero-order valence-electron chi connectivity index (χ0n) is 25.2. The number of amides is 1. The Morgan fingerprint density at radius 2 is 1.86 bits per heavy atom. The standard InChI is InChI=1S/C29H39N9O5S/c1-29(2,3)43-23(39)16-22(36-44(41,42)17-20-8-5-4-6-9-20)38-19-34-24-25(32-18-33-26(24)38)37-14-10-21(11-15-37)27(40)35-28-30-12-7-13-31-28/h4-6,8-9,18-19,21-22,36H,7,10-17H2,1-3H3,(H2,30,31,35,40). The zero-order valence-corrected chi connectivity index (χ0v) is 26.0. The van der Waals surface area contributed by atoms with Gasteiger partial charge < -0.3 is 15.0 Å². The molecule has 0 bridgehead atoms. The van der Waals surface area contributed by atoms with E-state index in [0.717, 1.165) is 13.0 Å². The predicted octanol–water partition coefficient (Wildman–Crippen LogP) is 1.86. The molecule has 4 heterocycles. The Balaban J connectivity index is 1.35. The lowest BCUT2D eigenvalue weighted by molar-refractivity contribution is -0.155. The highest BCUT2D eigenvalue weighted by atomic mass is 32.2. The number of benzene rings is 1. The van der Waals surface area contributed by atoms with Gasteiger partial charge in [-0.05, 0) is 45.6 Å². The molecular weight excluding hydrogens is 586 g/mol. The molecule has 1 fully saturated rings. The Morgan fingerprint density at radius 1 is 1.11 bits per heavy atom. The molecule has 0 radical (unpaired) electrons. The van der Waals surface area contributed by atoms with Gasteiger partial charge >= 0.3 is 5.97 Å². The van der Waals surface area contributed by atoms with E-state index in [-0.39, 0.29) is 24.0 Å². The van der Waals surface area contributed by atoms with Gasteiger partial charge in [-0.2, -0.15) is 4.72 Å². The number of fused-ring (bicyclic) bond motifs is 1. The number of aliphatic imine (C=N–C) groups is 1. The maximum atomic E-state index is 13.3. The predicted molar refractivity (Wildman–Crippen MR) is 165 cm³/mol. The highest BCUT2D eigenvalue weighted by Crippen LogP contribution is 2.29. The van der Waals surface area contributed by atoms with Gasteiger partial charge in [0.2, 0.25) is 15.9 Å². The van der Waals surface area contributed by atoms with Crippen molar-refractivity contribution in [2.45, 2.75) is 64.0 Å². The molecule has 236 valence electrons. The van der Waals surface area contributed by atoms with E-state index in [2.05, 4.69) is 35.3 Å². The van der Waals surface area contributed by atoms with E-state index >= 15 is 0 Å². The van der Waals surface area contributed by atoms with Crippen LogP contribution >= 0.6 is 0 Å². The molecule has 3 aromatic rings. The highest BCUT2D eigenvalue weighted by molar-refractivity contribution is 7.88. The van der Waals surface area contributed by atoms with Crippen LogP contribution in [0.15, 0.2) is 48.0 Å². The fourth-order valence-electron chi connectivity index (χ4n) is 5.27. The fraction of sp³-hybridized carbons (Fsp3) is 0.517. The van der Waals surface area contributed by atoms with Crippen molar-refractivity contribution in [1.29, 1.82) is 0 Å². The van der Waals surface area contributed by atoms with Gasteiger partial charge in [0, 0.05) is 32.1 Å². The maximum absolute atomic E-state index is 13.3. The average molecular weight is 626 g/mol. The number of aromatic nitrogens is 4. The lowest BCUT2D eigenvalue weighted by atomic mass is 9.96. The summed E-state index contributed by atoms with van der Waals surface area (Å²) in [6.45, 7) is 7.88. The number of esters is 1. The summed E-state index contributed by atoms with van der Waals surface area (Å²) >= 11 is 0. The van der Waals surface area contributed by atoms with Gasteiger partial charge in [-0.3, -0.25) is 24.5 Å². The van der Waals surface area contributed by atoms with E-state index in [9.17, 15) is 18.0 Å². The number of carbonyl (C=O) groups is 2. The van der Waals surface area contributed by atoms with Crippen molar-refractivity contribution in [3.8, 4) is 0 Å². The smallest absolute Gasteiger partial charge is 0.309 e. The van der Waals surface area contributed by atoms with Gasteiger partial charge in [0.1, 0.15) is 18.1 Å². The Kier molecular flexibility index (Phi) is 9.44. The van der Waals surface area contributed by atoms with Gasteiger partial charge in [0.25, 0.3) is 0 Å². The van der Waals surface area contributed by atoms with Crippen LogP contribution in [0.4, 0.5) is 5.82 Å². The van der Waals surface area contributed by atoms with Gasteiger partial charge in [-0.15, -0.1) is 0 Å². The number of nitrogens with one attached hydrogen (secondary N) is 3. The summed E-state index contributed by atoms with van der Waals surface area (Å²) in [4.78, 5) is 45.5. The summed E-state index contributed by atoms with van der Waals surface area (Å²) in [7, 11) is -3.88. The highest BCUT2D eigenvalue weighted by Gasteiger charge is 2.30. The molecule has 0 saturated carbocycles. The molecule has 1 saturated heterocycles. The first kappa shape index (κ1) is 31.3. The largest absolute Gasteiger partial charge is 0.460 e. The molecule has 1 unspecified atom stereocenters. The lowest BCUT2D eigenvalue weighted by Crippen LogP contribution is -2.48. The van der Waals surface area contributed by atoms with Crippen molar-refractivity contribution in [1.82, 2.24) is 34.9 Å². The maximum Gasteiger partial charge on any atom is 0.309 e. The van der Waals surface area contributed by atoms with Crippen LogP contribution in [0.25, 0.3) is 11.2 Å². The summed E-state index contributed by atoms with van der Waals surface area (Å²) in [6.07, 6.45) is 3.71. The van der Waals surface area contributed by atoms with Crippen molar-refractivity contribution in [2.75, 3.05) is 31.1 Å². The quantitative estimate of drug-likeness (QED) is 0.298. The Bertz CT molecular complexity index is 1610. The molecule has 2 aliphatic heterocycles. The second kappa shape index (κ2) is 13.3. The van der Waals surface area contributed by atoms with Gasteiger partial charge in [0.05, 0.1) is 18.5 Å². The number of carbonyl (C=O) groups excluding carboxylic acids is 2. The first-order valence-electron chi connectivity index (χ1n) is 14.7. The van der Waals surface area contributed by atoms with E-state index in [4.69, 9.17) is 4.74 Å². The number of anilines is 1. The molecule has 14 nitrogen and oxygen atoms in total. The van der Waals surface area contributed by atoms with E-state index in [1.165, 1.54) is 17.2 Å². The van der Waals surface area contributed by atoms with Crippen molar-refractivity contribution in [2.24, 2.45) is 10.9 Å². The van der Waals surface area contributed by atoms with Crippen LogP contribution in [0.3, 0.4) is 0 Å². The first-order chi connectivity index (χ1) is 21.0. The Hall–Kier alpha value is -4.11. The van der Waals surface area contributed by atoms with Gasteiger partial charge in [-0.25, -0.2) is 23.4 Å². The number of sulfonamides is 1. The van der Waals surface area contributed by atoms with Crippen molar-refractivity contribution in [3.63, 3.8) is 0 Å². The number of nitrogens with zero attached hydrogens (tertiary/aromatic N) is 6. The minimum absolute atomic E-state index is 0.0531. The summed E-state index contributed by atoms with van der Waals surface area (Å²) < 4.78 is 36.2. The van der Waals surface area contributed by atoms with Crippen LogP contribution in [-0.4, -0.2) is 77.6 Å². The Labute approximate surface area is 256 Å². The van der Waals surface area contributed by atoms with Gasteiger partial charge in [-0.1, -0.05) is 30.3 Å². The number of imidazole rings is 1. The molecular formula is C29H39N9O5S. The molecule has 15 heteroatoms. The normalized spacial score (nSPS) is 17.1. The number of rotatable bonds is 9. The summed E-state index contributed by atoms with van der Waals surface area (Å²) in [6, 6.07) is 8.79. The third-order valence-electron chi connectivity index (χ3n) is 7.27.